The van der Waals surface area contributed by atoms with E-state index in [0.29, 0.717) is 5.75 Å². The number of nitrogens with one attached hydrogen (secondary N) is 1. The zero-order valence-corrected chi connectivity index (χ0v) is 11.3. The van der Waals surface area contributed by atoms with Gasteiger partial charge in [-0.25, -0.2) is 0 Å². The molecule has 2 aromatic carbocycles. The quantitative estimate of drug-likeness (QED) is 0.864. The molecule has 1 atom stereocenters. The molecule has 0 saturated carbocycles. The third-order valence-electron chi connectivity index (χ3n) is 3.16. The van der Waals surface area contributed by atoms with Crippen molar-refractivity contribution in [2.24, 2.45) is 0 Å². The molecule has 0 aliphatic heterocycles. The van der Waals surface area contributed by atoms with E-state index >= 15 is 0 Å². The molecule has 0 aliphatic rings. The number of aromatic hydroxyl groups is 1. The molecule has 0 saturated heterocycles. The maximum atomic E-state index is 9.54. The maximum Gasteiger partial charge on any atom is 0.160 e. The molecular weight excluding hydrogens is 238 g/mol. The van der Waals surface area contributed by atoms with E-state index in [4.69, 9.17) is 4.74 Å². The number of hydrogen-bond acceptors (Lipinski definition) is 3. The summed E-state index contributed by atoms with van der Waals surface area (Å²) in [7, 11) is 1.55. The van der Waals surface area contributed by atoms with Gasteiger partial charge in [0.15, 0.2) is 11.5 Å². The van der Waals surface area contributed by atoms with Crippen molar-refractivity contribution in [3.8, 4) is 11.5 Å². The molecule has 0 unspecified atom stereocenters. The van der Waals surface area contributed by atoms with Crippen LogP contribution in [0.3, 0.4) is 0 Å². The summed E-state index contributed by atoms with van der Waals surface area (Å²) in [5, 5.41) is 13.0. The largest absolute Gasteiger partial charge is 0.504 e. The Morgan fingerprint density at radius 3 is 2.58 bits per heavy atom. The first-order chi connectivity index (χ1) is 9.20. The Hall–Kier alpha value is -2.00. The van der Waals surface area contributed by atoms with Crippen LogP contribution < -0.4 is 10.1 Å². The number of hydrogen-bond donors (Lipinski definition) is 2. The summed E-state index contributed by atoms with van der Waals surface area (Å²) in [6, 6.07) is 16.0. The second-order valence-electron chi connectivity index (χ2n) is 4.52. The van der Waals surface area contributed by atoms with Crippen LogP contribution in [0.2, 0.25) is 0 Å². The third kappa shape index (κ3) is 3.48. The average molecular weight is 257 g/mol. The van der Waals surface area contributed by atoms with Crippen LogP contribution >= 0.6 is 0 Å². The minimum Gasteiger partial charge on any atom is -0.504 e. The van der Waals surface area contributed by atoms with Crippen LogP contribution in [-0.2, 0) is 6.54 Å². The highest BCUT2D eigenvalue weighted by Crippen LogP contribution is 2.26. The molecule has 0 heterocycles. The van der Waals surface area contributed by atoms with Crippen molar-refractivity contribution in [1.82, 2.24) is 5.32 Å². The summed E-state index contributed by atoms with van der Waals surface area (Å²) in [6.45, 7) is 2.86. The fourth-order valence-corrected chi connectivity index (χ4v) is 1.96. The van der Waals surface area contributed by atoms with Crippen molar-refractivity contribution in [1.29, 1.82) is 0 Å². The molecule has 100 valence electrons. The van der Waals surface area contributed by atoms with Gasteiger partial charge in [-0.15, -0.1) is 0 Å². The van der Waals surface area contributed by atoms with E-state index < -0.39 is 0 Å². The predicted molar refractivity (Wildman–Crippen MR) is 76.4 cm³/mol. The highest BCUT2D eigenvalue weighted by atomic mass is 16.5. The number of ether oxygens (including phenoxy) is 1. The van der Waals surface area contributed by atoms with Crippen LogP contribution in [0.4, 0.5) is 0 Å². The lowest BCUT2D eigenvalue weighted by atomic mass is 10.1. The molecule has 2 rings (SSSR count). The lowest BCUT2D eigenvalue weighted by molar-refractivity contribution is 0.372. The van der Waals surface area contributed by atoms with Crippen LogP contribution in [-0.4, -0.2) is 12.2 Å². The second kappa shape index (κ2) is 6.25. The van der Waals surface area contributed by atoms with Gasteiger partial charge >= 0.3 is 0 Å². The summed E-state index contributed by atoms with van der Waals surface area (Å²) < 4.78 is 5.10. The van der Waals surface area contributed by atoms with E-state index in [1.165, 1.54) is 5.56 Å². The Kier molecular flexibility index (Phi) is 4.42. The number of benzene rings is 2. The first-order valence-electron chi connectivity index (χ1n) is 6.35. The standard InChI is InChI=1S/C16H19NO2/c1-12(14-6-4-3-5-7-14)17-11-13-8-9-15(18)16(10-13)19-2/h3-10,12,17-18H,11H2,1-2H3/t12-/m0/s1. The Morgan fingerprint density at radius 2 is 1.89 bits per heavy atom. The van der Waals surface area contributed by atoms with E-state index in [1.54, 1.807) is 13.2 Å². The number of phenols is 1. The van der Waals surface area contributed by atoms with E-state index in [9.17, 15) is 5.11 Å². The predicted octanol–water partition coefficient (Wildman–Crippen LogP) is 3.25. The molecule has 19 heavy (non-hydrogen) atoms. The topological polar surface area (TPSA) is 41.5 Å². The summed E-state index contributed by atoms with van der Waals surface area (Å²) in [6.07, 6.45) is 0. The zero-order chi connectivity index (χ0) is 13.7. The van der Waals surface area contributed by atoms with Crippen molar-refractivity contribution in [2.75, 3.05) is 7.11 Å². The molecule has 0 aliphatic carbocycles. The van der Waals surface area contributed by atoms with Crippen LogP contribution in [0.25, 0.3) is 0 Å². The Balaban J connectivity index is 1.99. The SMILES string of the molecule is COc1cc(CN[C@@H](C)c2ccccc2)ccc1O. The fourth-order valence-electron chi connectivity index (χ4n) is 1.96. The fraction of sp³-hybridized carbons (Fsp3) is 0.250. The highest BCUT2D eigenvalue weighted by molar-refractivity contribution is 5.41. The van der Waals surface area contributed by atoms with E-state index in [2.05, 4.69) is 24.4 Å². The minimum absolute atomic E-state index is 0.169. The molecule has 0 spiro atoms. The zero-order valence-electron chi connectivity index (χ0n) is 11.3. The Labute approximate surface area is 113 Å². The Morgan fingerprint density at radius 1 is 1.16 bits per heavy atom. The van der Waals surface area contributed by atoms with Crippen LogP contribution in [0.5, 0.6) is 11.5 Å². The summed E-state index contributed by atoms with van der Waals surface area (Å²) in [4.78, 5) is 0. The van der Waals surface area contributed by atoms with Gasteiger partial charge in [-0.1, -0.05) is 36.4 Å². The third-order valence-corrected chi connectivity index (χ3v) is 3.16. The van der Waals surface area contributed by atoms with Crippen LogP contribution in [0.15, 0.2) is 48.5 Å². The number of methoxy groups -OCH3 is 1. The van der Waals surface area contributed by atoms with Crippen molar-refractivity contribution in [2.45, 2.75) is 19.5 Å². The average Bonchev–Trinajstić information content (AvgIpc) is 2.47. The van der Waals surface area contributed by atoms with Gasteiger partial charge in [-0.2, -0.15) is 0 Å². The molecule has 0 fully saturated rings. The molecular formula is C16H19NO2. The van der Waals surface area contributed by atoms with Crippen molar-refractivity contribution >= 4 is 0 Å². The van der Waals surface area contributed by atoms with Gasteiger partial charge in [-0.3, -0.25) is 0 Å². The number of phenolic OH excluding ortho intramolecular Hbond substituents is 1. The van der Waals surface area contributed by atoms with Gasteiger partial charge in [0.05, 0.1) is 7.11 Å². The molecule has 2 aromatic rings. The maximum absolute atomic E-state index is 9.54. The van der Waals surface area contributed by atoms with Gasteiger partial charge in [0.2, 0.25) is 0 Å². The molecule has 3 nitrogen and oxygen atoms in total. The van der Waals surface area contributed by atoms with Crippen molar-refractivity contribution in [3.05, 3.63) is 59.7 Å². The lowest BCUT2D eigenvalue weighted by Crippen LogP contribution is -2.17. The van der Waals surface area contributed by atoms with Gasteiger partial charge in [0, 0.05) is 12.6 Å². The Bertz CT molecular complexity index is 526. The van der Waals surface area contributed by atoms with Crippen LogP contribution in [0, 0.1) is 0 Å². The summed E-state index contributed by atoms with van der Waals surface area (Å²) in [5.74, 6) is 0.675. The minimum atomic E-state index is 0.169. The highest BCUT2D eigenvalue weighted by Gasteiger charge is 2.06. The monoisotopic (exact) mass is 257 g/mol. The first kappa shape index (κ1) is 13.4. The molecule has 0 bridgehead atoms. The van der Waals surface area contributed by atoms with Gasteiger partial charge in [0.25, 0.3) is 0 Å². The van der Waals surface area contributed by atoms with Gasteiger partial charge in [0.1, 0.15) is 0 Å². The molecule has 0 aromatic heterocycles. The molecule has 3 heteroatoms. The van der Waals surface area contributed by atoms with E-state index in [-0.39, 0.29) is 11.8 Å². The number of rotatable bonds is 5. The van der Waals surface area contributed by atoms with E-state index in [0.717, 1.165) is 12.1 Å². The second-order valence-corrected chi connectivity index (χ2v) is 4.52. The molecule has 2 N–H and O–H groups in total. The lowest BCUT2D eigenvalue weighted by Gasteiger charge is -2.14. The smallest absolute Gasteiger partial charge is 0.160 e. The summed E-state index contributed by atoms with van der Waals surface area (Å²) >= 11 is 0. The molecule has 0 amide bonds. The van der Waals surface area contributed by atoms with Crippen LogP contribution in [0.1, 0.15) is 24.1 Å². The van der Waals surface area contributed by atoms with Crippen molar-refractivity contribution in [3.63, 3.8) is 0 Å². The summed E-state index contributed by atoms with van der Waals surface area (Å²) in [5.41, 5.74) is 2.34. The van der Waals surface area contributed by atoms with Gasteiger partial charge in [-0.05, 0) is 30.2 Å². The first-order valence-corrected chi connectivity index (χ1v) is 6.35. The van der Waals surface area contributed by atoms with E-state index in [1.807, 2.05) is 30.3 Å². The normalized spacial score (nSPS) is 12.1. The molecule has 0 radical (unpaired) electrons. The van der Waals surface area contributed by atoms with Gasteiger partial charge < -0.3 is 15.2 Å². The van der Waals surface area contributed by atoms with Crippen molar-refractivity contribution < 1.29 is 9.84 Å².